The van der Waals surface area contributed by atoms with Crippen molar-refractivity contribution >= 4 is 17.9 Å². The highest BCUT2D eigenvalue weighted by molar-refractivity contribution is 5.72. The summed E-state index contributed by atoms with van der Waals surface area (Å²) in [5.74, 6) is -1.57. The van der Waals surface area contributed by atoms with Gasteiger partial charge in [0.2, 0.25) is 0 Å². The standard InChI is InChI=1S/C42H75NO7/c1-6-8-10-12-14-16-18-20-22-24-26-28-30-32-40(44)49-37-38(36-48-35-34-39(42(46)47)43(3,4)5)50-41(45)33-31-29-27-25-23-21-19-17-15-13-11-9-7-2/h20-23,26,28,38-39H,6-19,24-25,27,29-37H2,1-5H3/p+1/b22-20+,23-21+,28-26+. The topological polar surface area (TPSA) is 99.1 Å². The van der Waals surface area contributed by atoms with E-state index in [1.165, 1.54) is 77.0 Å². The number of carbonyl (C=O) groups excluding carboxylic acids is 2. The molecule has 0 radical (unpaired) electrons. The fraction of sp³-hybridized carbons (Fsp3) is 0.786. The van der Waals surface area contributed by atoms with Crippen molar-refractivity contribution in [3.63, 3.8) is 0 Å². The number of aliphatic carboxylic acids is 1. The van der Waals surface area contributed by atoms with Gasteiger partial charge >= 0.3 is 17.9 Å². The monoisotopic (exact) mass is 707 g/mol. The highest BCUT2D eigenvalue weighted by atomic mass is 16.6. The van der Waals surface area contributed by atoms with Crippen LogP contribution >= 0.6 is 0 Å². The summed E-state index contributed by atoms with van der Waals surface area (Å²) >= 11 is 0. The molecule has 0 spiro atoms. The molecule has 1 N–H and O–H groups in total. The van der Waals surface area contributed by atoms with Gasteiger partial charge in [-0.3, -0.25) is 9.59 Å². The molecule has 0 saturated carbocycles. The quantitative estimate of drug-likeness (QED) is 0.0303. The molecule has 50 heavy (non-hydrogen) atoms. The normalized spacial score (nSPS) is 13.4. The number of quaternary nitrogens is 1. The summed E-state index contributed by atoms with van der Waals surface area (Å²) < 4.78 is 17.1. The smallest absolute Gasteiger partial charge is 0.362 e. The number of nitrogens with zero attached hydrogens (tertiary/aromatic N) is 1. The fourth-order valence-electron chi connectivity index (χ4n) is 5.61. The second kappa shape index (κ2) is 33.7. The second-order valence-electron chi connectivity index (χ2n) is 14.5. The molecule has 0 aliphatic heterocycles. The van der Waals surface area contributed by atoms with Crippen LogP contribution in [0.25, 0.3) is 0 Å². The number of ether oxygens (including phenoxy) is 3. The number of carboxylic acid groups (broad SMARTS) is 1. The van der Waals surface area contributed by atoms with Gasteiger partial charge in [-0.05, 0) is 57.8 Å². The van der Waals surface area contributed by atoms with Gasteiger partial charge in [0.1, 0.15) is 6.61 Å². The molecule has 0 saturated heterocycles. The van der Waals surface area contributed by atoms with E-state index in [-0.39, 0.29) is 42.7 Å². The van der Waals surface area contributed by atoms with E-state index in [1.807, 2.05) is 27.2 Å². The van der Waals surface area contributed by atoms with Gasteiger partial charge in [0.15, 0.2) is 12.1 Å². The van der Waals surface area contributed by atoms with Crippen LogP contribution in [0.1, 0.15) is 162 Å². The highest BCUT2D eigenvalue weighted by Gasteiger charge is 2.31. The number of likely N-dealkylation sites (N-methyl/N-ethyl adjacent to an activating group) is 1. The molecule has 0 rings (SSSR count). The molecule has 0 aromatic heterocycles. The van der Waals surface area contributed by atoms with Crippen LogP contribution in [0.4, 0.5) is 0 Å². The Hall–Kier alpha value is -2.45. The van der Waals surface area contributed by atoms with Gasteiger partial charge < -0.3 is 23.8 Å². The lowest BCUT2D eigenvalue weighted by atomic mass is 10.1. The number of esters is 2. The molecule has 0 heterocycles. The van der Waals surface area contributed by atoms with Gasteiger partial charge in [0.05, 0.1) is 34.4 Å². The maximum absolute atomic E-state index is 12.6. The van der Waals surface area contributed by atoms with E-state index in [9.17, 15) is 19.5 Å². The van der Waals surface area contributed by atoms with Crippen LogP contribution in [0.3, 0.4) is 0 Å². The molecule has 290 valence electrons. The molecule has 2 unspecified atom stereocenters. The molecule has 0 aromatic carbocycles. The van der Waals surface area contributed by atoms with Crippen molar-refractivity contribution < 1.29 is 38.2 Å². The van der Waals surface area contributed by atoms with E-state index in [1.54, 1.807) is 0 Å². The molecule has 0 aliphatic carbocycles. The maximum atomic E-state index is 12.6. The largest absolute Gasteiger partial charge is 0.477 e. The van der Waals surface area contributed by atoms with E-state index in [0.717, 1.165) is 44.9 Å². The van der Waals surface area contributed by atoms with E-state index in [4.69, 9.17) is 14.2 Å². The maximum Gasteiger partial charge on any atom is 0.362 e. The Balaban J connectivity index is 4.51. The molecule has 0 bridgehead atoms. The third-order valence-electron chi connectivity index (χ3n) is 8.78. The van der Waals surface area contributed by atoms with Gasteiger partial charge in [-0.1, -0.05) is 121 Å². The molecular formula is C42H76NO7+. The molecule has 0 aliphatic rings. The molecule has 0 fully saturated rings. The van der Waals surface area contributed by atoms with Crippen molar-refractivity contribution in [1.29, 1.82) is 0 Å². The average Bonchev–Trinajstić information content (AvgIpc) is 3.06. The lowest BCUT2D eigenvalue weighted by Crippen LogP contribution is -2.50. The van der Waals surface area contributed by atoms with Gasteiger partial charge in [-0.15, -0.1) is 0 Å². The van der Waals surface area contributed by atoms with Crippen molar-refractivity contribution in [2.75, 3.05) is 41.0 Å². The van der Waals surface area contributed by atoms with Crippen LogP contribution in [0.5, 0.6) is 0 Å². The third kappa shape index (κ3) is 31.5. The summed E-state index contributed by atoms with van der Waals surface area (Å²) in [6.45, 7) is 4.63. The second-order valence-corrected chi connectivity index (χ2v) is 14.5. The van der Waals surface area contributed by atoms with E-state index in [0.29, 0.717) is 19.3 Å². The fourth-order valence-corrected chi connectivity index (χ4v) is 5.61. The Morgan fingerprint density at radius 2 is 1.10 bits per heavy atom. The highest BCUT2D eigenvalue weighted by Crippen LogP contribution is 2.12. The van der Waals surface area contributed by atoms with Gasteiger partial charge in [0.25, 0.3) is 0 Å². The number of hydrogen-bond donors (Lipinski definition) is 1. The van der Waals surface area contributed by atoms with Crippen molar-refractivity contribution in [1.82, 2.24) is 0 Å². The zero-order chi connectivity index (χ0) is 37.1. The summed E-state index contributed by atoms with van der Waals surface area (Å²) in [5.41, 5.74) is 0. The summed E-state index contributed by atoms with van der Waals surface area (Å²) in [6, 6.07) is -0.622. The Morgan fingerprint density at radius 3 is 1.64 bits per heavy atom. The van der Waals surface area contributed by atoms with E-state index < -0.39 is 18.1 Å². The number of carbonyl (C=O) groups is 3. The third-order valence-corrected chi connectivity index (χ3v) is 8.78. The van der Waals surface area contributed by atoms with Crippen LogP contribution < -0.4 is 0 Å². The summed E-state index contributed by atoms with van der Waals surface area (Å²) in [7, 11) is 5.50. The molecule has 2 atom stereocenters. The van der Waals surface area contributed by atoms with Gasteiger partial charge in [-0.25, -0.2) is 4.79 Å². The summed E-state index contributed by atoms with van der Waals surface area (Å²) in [5, 5.41) is 9.58. The lowest BCUT2D eigenvalue weighted by molar-refractivity contribution is -0.887. The first-order chi connectivity index (χ1) is 24.1. The first-order valence-electron chi connectivity index (χ1n) is 20.0. The average molecular weight is 707 g/mol. The van der Waals surface area contributed by atoms with Crippen LogP contribution in [0.2, 0.25) is 0 Å². The minimum atomic E-state index is -0.885. The van der Waals surface area contributed by atoms with Crippen LogP contribution in [0, 0.1) is 0 Å². The summed E-state index contributed by atoms with van der Waals surface area (Å²) in [6.07, 6.45) is 36.3. The first-order valence-corrected chi connectivity index (χ1v) is 20.0. The molecule has 8 heteroatoms. The first kappa shape index (κ1) is 47.5. The number of rotatable bonds is 35. The number of carboxylic acids is 1. The van der Waals surface area contributed by atoms with E-state index in [2.05, 4.69) is 44.2 Å². The van der Waals surface area contributed by atoms with Gasteiger partial charge in [-0.2, -0.15) is 0 Å². The molecule has 0 aromatic rings. The zero-order valence-corrected chi connectivity index (χ0v) is 32.8. The minimum absolute atomic E-state index is 0.0386. The number of unbranched alkanes of at least 4 members (excludes halogenated alkanes) is 15. The lowest BCUT2D eigenvalue weighted by Gasteiger charge is -2.31. The Kier molecular flexibility index (Phi) is 32.0. The van der Waals surface area contributed by atoms with Crippen molar-refractivity contribution in [2.24, 2.45) is 0 Å². The predicted octanol–water partition coefficient (Wildman–Crippen LogP) is 10.3. The summed E-state index contributed by atoms with van der Waals surface area (Å²) in [4.78, 5) is 36.8. The Labute approximate surface area is 306 Å². The van der Waals surface area contributed by atoms with Crippen LogP contribution in [-0.4, -0.2) is 80.6 Å². The van der Waals surface area contributed by atoms with Crippen LogP contribution in [-0.2, 0) is 28.6 Å². The van der Waals surface area contributed by atoms with Crippen molar-refractivity contribution in [3.05, 3.63) is 36.5 Å². The molecule has 8 nitrogen and oxygen atoms in total. The predicted molar refractivity (Wildman–Crippen MR) is 206 cm³/mol. The Bertz CT molecular complexity index is 922. The van der Waals surface area contributed by atoms with Crippen LogP contribution in [0.15, 0.2) is 36.5 Å². The SMILES string of the molecule is CCCCCCCC/C=C/C/C=C/CCC(=O)OCC(COCCC(C(=O)O)[N+](C)(C)C)OC(=O)CCCCC/C=C/CCCCCCCC. The number of allylic oxidation sites excluding steroid dienone is 6. The van der Waals surface area contributed by atoms with Crippen molar-refractivity contribution in [3.8, 4) is 0 Å². The number of hydrogen-bond acceptors (Lipinski definition) is 6. The Morgan fingerprint density at radius 1 is 0.600 bits per heavy atom. The molecular weight excluding hydrogens is 630 g/mol. The zero-order valence-electron chi connectivity index (χ0n) is 32.8. The molecule has 0 amide bonds. The van der Waals surface area contributed by atoms with Gasteiger partial charge in [0, 0.05) is 19.3 Å². The minimum Gasteiger partial charge on any atom is -0.477 e. The van der Waals surface area contributed by atoms with Crippen molar-refractivity contribution in [2.45, 2.75) is 174 Å². The van der Waals surface area contributed by atoms with E-state index >= 15 is 0 Å².